The van der Waals surface area contributed by atoms with Crippen molar-refractivity contribution in [2.45, 2.75) is 32.1 Å². The highest BCUT2D eigenvalue weighted by atomic mass is 16.1. The molecule has 1 heteroatoms. The van der Waals surface area contributed by atoms with Crippen LogP contribution in [0.4, 0.5) is 0 Å². The largest absolute Gasteiger partial charge is 0.303 e. The first-order valence-corrected chi connectivity index (χ1v) is 6.32. The second kappa shape index (κ2) is 2.43. The lowest BCUT2D eigenvalue weighted by molar-refractivity contribution is -0.114. The summed E-state index contributed by atoms with van der Waals surface area (Å²) in [6.07, 6.45) is 8.48. The zero-order valence-electron chi connectivity index (χ0n) is 8.56. The lowest BCUT2D eigenvalue weighted by Crippen LogP contribution is -2.47. The van der Waals surface area contributed by atoms with Crippen LogP contribution in [0, 0.1) is 41.4 Å². The summed E-state index contributed by atoms with van der Waals surface area (Å²) < 4.78 is 0. The predicted octanol–water partition coefficient (Wildman–Crippen LogP) is 2.50. The van der Waals surface area contributed by atoms with Crippen molar-refractivity contribution in [3.8, 4) is 0 Å². The molecule has 7 atom stereocenters. The first kappa shape index (κ1) is 7.90. The maximum Gasteiger partial charge on any atom is 0.123 e. The number of hydrogen-bond acceptors (Lipinski definition) is 1. The van der Waals surface area contributed by atoms with Crippen LogP contribution in [0.15, 0.2) is 0 Å². The molecule has 7 unspecified atom stereocenters. The van der Waals surface area contributed by atoms with E-state index in [-0.39, 0.29) is 0 Å². The van der Waals surface area contributed by atoms with Gasteiger partial charge in [-0.1, -0.05) is 0 Å². The van der Waals surface area contributed by atoms with E-state index in [2.05, 4.69) is 0 Å². The highest BCUT2D eigenvalue weighted by Gasteiger charge is 2.59. The Morgan fingerprint density at radius 2 is 1.71 bits per heavy atom. The molecule has 14 heavy (non-hydrogen) atoms. The normalized spacial score (nSPS) is 63.3. The minimum absolute atomic E-state index is 0.457. The summed E-state index contributed by atoms with van der Waals surface area (Å²) in [4.78, 5) is 11.1. The van der Waals surface area contributed by atoms with Gasteiger partial charge in [0.05, 0.1) is 0 Å². The van der Waals surface area contributed by atoms with Crippen molar-refractivity contribution >= 4 is 6.29 Å². The molecule has 0 heterocycles. The molecule has 0 aromatic carbocycles. The molecular formula is C13H18O. The maximum absolute atomic E-state index is 11.1. The fourth-order valence-corrected chi connectivity index (χ4v) is 5.74. The summed E-state index contributed by atoms with van der Waals surface area (Å²) in [5.41, 5.74) is 0. The molecular weight excluding hydrogens is 172 g/mol. The van der Waals surface area contributed by atoms with Crippen LogP contribution in [0.5, 0.6) is 0 Å². The fraction of sp³-hybridized carbons (Fsp3) is 0.923. The Balaban J connectivity index is 1.78. The Kier molecular flexibility index (Phi) is 1.37. The zero-order chi connectivity index (χ0) is 9.28. The molecule has 0 spiro atoms. The molecule has 0 saturated heterocycles. The van der Waals surface area contributed by atoms with E-state index in [1.807, 2.05) is 0 Å². The van der Waals surface area contributed by atoms with Gasteiger partial charge in [0.15, 0.2) is 0 Å². The Morgan fingerprint density at radius 3 is 2.57 bits per heavy atom. The second-order valence-corrected chi connectivity index (χ2v) is 6.27. The molecule has 0 aliphatic heterocycles. The molecule has 0 amide bonds. The summed E-state index contributed by atoms with van der Waals surface area (Å²) in [5.74, 6) is 6.25. The smallest absolute Gasteiger partial charge is 0.123 e. The van der Waals surface area contributed by atoms with Crippen LogP contribution in [0.25, 0.3) is 0 Å². The van der Waals surface area contributed by atoms with Crippen LogP contribution in [0.3, 0.4) is 0 Å². The molecule has 5 rings (SSSR count). The Labute approximate surface area is 85.3 Å². The van der Waals surface area contributed by atoms with E-state index in [0.29, 0.717) is 5.92 Å². The van der Waals surface area contributed by atoms with Crippen LogP contribution < -0.4 is 0 Å². The molecule has 5 fully saturated rings. The third kappa shape index (κ3) is 0.765. The van der Waals surface area contributed by atoms with Crippen molar-refractivity contribution in [2.24, 2.45) is 41.4 Å². The van der Waals surface area contributed by atoms with Crippen LogP contribution >= 0.6 is 0 Å². The molecule has 76 valence electrons. The van der Waals surface area contributed by atoms with Gasteiger partial charge in [0.25, 0.3) is 0 Å². The van der Waals surface area contributed by atoms with Crippen LogP contribution in [-0.2, 0) is 4.79 Å². The maximum atomic E-state index is 11.1. The SMILES string of the molecule is O=CC1CC2C3CC4CC(C3)C1C2C4. The Hall–Kier alpha value is -0.330. The number of hydrogen-bond donors (Lipinski definition) is 0. The summed E-state index contributed by atoms with van der Waals surface area (Å²) in [7, 11) is 0. The van der Waals surface area contributed by atoms with Crippen LogP contribution in [0.2, 0.25) is 0 Å². The molecule has 6 bridgehead atoms. The van der Waals surface area contributed by atoms with Gasteiger partial charge in [-0.05, 0) is 67.6 Å². The molecule has 0 radical (unpaired) electrons. The van der Waals surface area contributed by atoms with E-state index in [0.717, 1.165) is 35.5 Å². The number of rotatable bonds is 1. The summed E-state index contributed by atoms with van der Waals surface area (Å²) >= 11 is 0. The number of carbonyl (C=O) groups is 1. The van der Waals surface area contributed by atoms with Gasteiger partial charge < -0.3 is 4.79 Å². The monoisotopic (exact) mass is 190 g/mol. The van der Waals surface area contributed by atoms with Crippen molar-refractivity contribution in [2.75, 3.05) is 0 Å². The van der Waals surface area contributed by atoms with Crippen molar-refractivity contribution in [1.29, 1.82) is 0 Å². The van der Waals surface area contributed by atoms with E-state index in [1.165, 1.54) is 38.4 Å². The molecule has 5 aliphatic rings. The number of aldehydes is 1. The van der Waals surface area contributed by atoms with Gasteiger partial charge in [0.2, 0.25) is 0 Å². The third-order valence-corrected chi connectivity index (χ3v) is 5.89. The van der Waals surface area contributed by atoms with E-state index in [1.54, 1.807) is 0 Å². The third-order valence-electron chi connectivity index (χ3n) is 5.89. The average Bonchev–Trinajstić information content (AvgIpc) is 2.51. The van der Waals surface area contributed by atoms with E-state index < -0.39 is 0 Å². The molecule has 5 saturated carbocycles. The first-order chi connectivity index (χ1) is 6.86. The van der Waals surface area contributed by atoms with Crippen molar-refractivity contribution in [3.63, 3.8) is 0 Å². The van der Waals surface area contributed by atoms with Crippen molar-refractivity contribution in [3.05, 3.63) is 0 Å². The van der Waals surface area contributed by atoms with Gasteiger partial charge >= 0.3 is 0 Å². The Morgan fingerprint density at radius 1 is 0.857 bits per heavy atom. The topological polar surface area (TPSA) is 17.1 Å². The number of carbonyl (C=O) groups excluding carboxylic acids is 1. The summed E-state index contributed by atoms with van der Waals surface area (Å²) in [6.45, 7) is 0. The molecule has 5 aliphatic carbocycles. The minimum atomic E-state index is 0.457. The molecule has 0 N–H and O–H groups in total. The zero-order valence-corrected chi connectivity index (χ0v) is 8.56. The van der Waals surface area contributed by atoms with E-state index in [4.69, 9.17) is 0 Å². The molecule has 0 aromatic heterocycles. The Bertz CT molecular complexity index is 285. The lowest BCUT2D eigenvalue weighted by atomic mass is 9.50. The average molecular weight is 190 g/mol. The molecule has 1 nitrogen and oxygen atoms in total. The fourth-order valence-electron chi connectivity index (χ4n) is 5.74. The second-order valence-electron chi connectivity index (χ2n) is 6.27. The summed E-state index contributed by atoms with van der Waals surface area (Å²) in [6, 6.07) is 0. The van der Waals surface area contributed by atoms with Gasteiger partial charge in [0, 0.05) is 5.92 Å². The minimum Gasteiger partial charge on any atom is -0.303 e. The predicted molar refractivity (Wildman–Crippen MR) is 53.6 cm³/mol. The van der Waals surface area contributed by atoms with Crippen molar-refractivity contribution in [1.82, 2.24) is 0 Å². The van der Waals surface area contributed by atoms with Crippen LogP contribution in [0.1, 0.15) is 32.1 Å². The molecule has 0 aromatic rings. The highest BCUT2D eigenvalue weighted by Crippen LogP contribution is 2.66. The van der Waals surface area contributed by atoms with E-state index in [9.17, 15) is 4.79 Å². The van der Waals surface area contributed by atoms with Crippen LogP contribution in [-0.4, -0.2) is 6.29 Å². The van der Waals surface area contributed by atoms with Gasteiger partial charge in [-0.25, -0.2) is 0 Å². The van der Waals surface area contributed by atoms with Gasteiger partial charge in [-0.2, -0.15) is 0 Å². The van der Waals surface area contributed by atoms with E-state index >= 15 is 0 Å². The summed E-state index contributed by atoms with van der Waals surface area (Å²) in [5, 5.41) is 0. The van der Waals surface area contributed by atoms with Gasteiger partial charge in [-0.15, -0.1) is 0 Å². The highest BCUT2D eigenvalue weighted by molar-refractivity contribution is 5.55. The van der Waals surface area contributed by atoms with Gasteiger partial charge in [0.1, 0.15) is 6.29 Å². The first-order valence-electron chi connectivity index (χ1n) is 6.32. The standard InChI is InChI=1S/C13H18O/c14-6-10-5-11-8-1-7-2-9(4-8)13(10)12(11)3-7/h6-13H,1-5H2. The van der Waals surface area contributed by atoms with Gasteiger partial charge in [-0.3, -0.25) is 0 Å². The quantitative estimate of drug-likeness (QED) is 0.581. The van der Waals surface area contributed by atoms with Crippen molar-refractivity contribution < 1.29 is 4.79 Å². The lowest BCUT2D eigenvalue weighted by Gasteiger charge is -2.54.